The van der Waals surface area contributed by atoms with Crippen LogP contribution in [0.5, 0.6) is 0 Å². The number of hydrogen-bond donors (Lipinski definition) is 1. The zero-order valence-corrected chi connectivity index (χ0v) is 11.2. The van der Waals surface area contributed by atoms with E-state index in [2.05, 4.69) is 4.72 Å². The normalized spacial score (nSPS) is 14.9. The molecule has 0 aliphatic carbocycles. The summed E-state index contributed by atoms with van der Waals surface area (Å²) in [6.45, 7) is 0.404. The third kappa shape index (κ3) is 2.99. The second-order valence-electron chi connectivity index (χ2n) is 4.33. The maximum atomic E-state index is 12.0. The third-order valence-corrected chi connectivity index (χ3v) is 3.53. The number of amides is 2. The Hall–Kier alpha value is -1.73. The highest BCUT2D eigenvalue weighted by atomic mass is 32.2. The molecular formula is C12H14N2O4S. The summed E-state index contributed by atoms with van der Waals surface area (Å²) in [4.78, 5) is 25.1. The molecule has 0 saturated heterocycles. The van der Waals surface area contributed by atoms with Crippen LogP contribution in [-0.2, 0) is 10.0 Å². The van der Waals surface area contributed by atoms with E-state index in [1.165, 1.54) is 0 Å². The Bertz CT molecular complexity index is 589. The van der Waals surface area contributed by atoms with Crippen LogP contribution >= 0.6 is 0 Å². The van der Waals surface area contributed by atoms with E-state index in [1.807, 2.05) is 0 Å². The first-order chi connectivity index (χ1) is 8.90. The Morgan fingerprint density at radius 2 is 1.63 bits per heavy atom. The molecule has 1 aromatic rings. The van der Waals surface area contributed by atoms with Gasteiger partial charge in [-0.3, -0.25) is 14.5 Å². The van der Waals surface area contributed by atoms with Crippen molar-refractivity contribution >= 4 is 21.8 Å². The van der Waals surface area contributed by atoms with Crippen LogP contribution in [0.2, 0.25) is 0 Å². The van der Waals surface area contributed by atoms with Gasteiger partial charge in [-0.15, -0.1) is 0 Å². The quantitative estimate of drug-likeness (QED) is 0.618. The minimum Gasteiger partial charge on any atom is -0.274 e. The van der Waals surface area contributed by atoms with E-state index < -0.39 is 10.0 Å². The minimum atomic E-state index is -3.24. The summed E-state index contributed by atoms with van der Waals surface area (Å²) in [5, 5.41) is 0. The van der Waals surface area contributed by atoms with Crippen LogP contribution in [-0.4, -0.2) is 44.5 Å². The number of carbonyl (C=O) groups is 2. The highest BCUT2D eigenvalue weighted by Gasteiger charge is 2.34. The summed E-state index contributed by atoms with van der Waals surface area (Å²) in [6, 6.07) is 6.64. The molecule has 0 fully saturated rings. The smallest absolute Gasteiger partial charge is 0.261 e. The average molecular weight is 282 g/mol. The molecule has 0 radical (unpaired) electrons. The van der Waals surface area contributed by atoms with Crippen LogP contribution in [0.3, 0.4) is 0 Å². The van der Waals surface area contributed by atoms with Crippen molar-refractivity contribution in [1.29, 1.82) is 0 Å². The van der Waals surface area contributed by atoms with Crippen LogP contribution in [0.4, 0.5) is 0 Å². The molecule has 0 unspecified atom stereocenters. The zero-order valence-electron chi connectivity index (χ0n) is 10.4. The maximum absolute atomic E-state index is 12.0. The molecule has 1 aliphatic heterocycles. The van der Waals surface area contributed by atoms with Crippen molar-refractivity contribution in [3.63, 3.8) is 0 Å². The van der Waals surface area contributed by atoms with E-state index in [1.54, 1.807) is 24.3 Å². The summed E-state index contributed by atoms with van der Waals surface area (Å²) in [7, 11) is -3.24. The molecule has 0 bridgehead atoms. The number of benzene rings is 1. The first kappa shape index (κ1) is 13.7. The Labute approximate surface area is 111 Å². The molecule has 0 saturated carbocycles. The lowest BCUT2D eigenvalue weighted by Gasteiger charge is -2.13. The maximum Gasteiger partial charge on any atom is 0.261 e. The first-order valence-corrected chi connectivity index (χ1v) is 7.69. The number of hydrogen-bond acceptors (Lipinski definition) is 4. The van der Waals surface area contributed by atoms with Crippen LogP contribution in [0.15, 0.2) is 24.3 Å². The summed E-state index contributed by atoms with van der Waals surface area (Å²) in [5.74, 6) is -0.639. The summed E-state index contributed by atoms with van der Waals surface area (Å²) in [5.41, 5.74) is 0.812. The molecule has 19 heavy (non-hydrogen) atoms. The first-order valence-electron chi connectivity index (χ1n) is 5.80. The van der Waals surface area contributed by atoms with Gasteiger partial charge in [-0.2, -0.15) is 0 Å². The van der Waals surface area contributed by atoms with Crippen LogP contribution < -0.4 is 4.72 Å². The summed E-state index contributed by atoms with van der Waals surface area (Å²) in [6.07, 6.45) is 1.45. The SMILES string of the molecule is CS(=O)(=O)NCCCN1C(=O)c2ccccc2C1=O. The molecule has 102 valence electrons. The second-order valence-corrected chi connectivity index (χ2v) is 6.16. The van der Waals surface area contributed by atoms with Crippen molar-refractivity contribution < 1.29 is 18.0 Å². The van der Waals surface area contributed by atoms with Crippen LogP contribution in [0.25, 0.3) is 0 Å². The monoisotopic (exact) mass is 282 g/mol. The molecule has 0 atom stereocenters. The number of imide groups is 1. The van der Waals surface area contributed by atoms with Crippen LogP contribution in [0, 0.1) is 0 Å². The van der Waals surface area contributed by atoms with Crippen molar-refractivity contribution in [1.82, 2.24) is 9.62 Å². The van der Waals surface area contributed by atoms with Gasteiger partial charge < -0.3 is 0 Å². The van der Waals surface area contributed by atoms with Gasteiger partial charge in [0.25, 0.3) is 11.8 Å². The lowest BCUT2D eigenvalue weighted by Crippen LogP contribution is -2.33. The minimum absolute atomic E-state index is 0.201. The number of nitrogens with zero attached hydrogens (tertiary/aromatic N) is 1. The van der Waals surface area contributed by atoms with Crippen molar-refractivity contribution in [3.8, 4) is 0 Å². The molecule has 0 aromatic heterocycles. The number of fused-ring (bicyclic) bond motifs is 1. The number of rotatable bonds is 5. The van der Waals surface area contributed by atoms with Gasteiger partial charge in [0.2, 0.25) is 10.0 Å². The molecule has 6 nitrogen and oxygen atoms in total. The average Bonchev–Trinajstić information content (AvgIpc) is 2.58. The molecule has 1 heterocycles. The van der Waals surface area contributed by atoms with Gasteiger partial charge in [-0.05, 0) is 18.6 Å². The van der Waals surface area contributed by atoms with Crippen molar-refractivity contribution in [2.24, 2.45) is 0 Å². The van der Waals surface area contributed by atoms with Gasteiger partial charge in [0, 0.05) is 13.1 Å². The Balaban J connectivity index is 1.97. The molecule has 7 heteroatoms. The highest BCUT2D eigenvalue weighted by Crippen LogP contribution is 2.22. The largest absolute Gasteiger partial charge is 0.274 e. The predicted molar refractivity (Wildman–Crippen MR) is 69.3 cm³/mol. The van der Waals surface area contributed by atoms with Gasteiger partial charge in [0.1, 0.15) is 0 Å². The van der Waals surface area contributed by atoms with Gasteiger partial charge in [-0.1, -0.05) is 12.1 Å². The fourth-order valence-electron chi connectivity index (χ4n) is 1.94. The Morgan fingerprint density at radius 3 is 2.11 bits per heavy atom. The number of carbonyl (C=O) groups excluding carboxylic acids is 2. The predicted octanol–water partition coefficient (Wildman–Crippen LogP) is 0.222. The van der Waals surface area contributed by atoms with Gasteiger partial charge in [0.15, 0.2) is 0 Å². The van der Waals surface area contributed by atoms with Gasteiger partial charge >= 0.3 is 0 Å². The topological polar surface area (TPSA) is 83.6 Å². The molecular weight excluding hydrogens is 268 g/mol. The summed E-state index contributed by atoms with van der Waals surface area (Å²) < 4.78 is 24.1. The van der Waals surface area contributed by atoms with E-state index in [9.17, 15) is 18.0 Å². The lowest BCUT2D eigenvalue weighted by molar-refractivity contribution is 0.0653. The van der Waals surface area contributed by atoms with Crippen molar-refractivity contribution in [2.45, 2.75) is 6.42 Å². The van der Waals surface area contributed by atoms with Gasteiger partial charge in [-0.25, -0.2) is 13.1 Å². The fourth-order valence-corrected chi connectivity index (χ4v) is 2.45. The molecule has 0 spiro atoms. The van der Waals surface area contributed by atoms with E-state index in [0.29, 0.717) is 17.5 Å². The third-order valence-electron chi connectivity index (χ3n) is 2.80. The standard InChI is InChI=1S/C12H14N2O4S/c1-19(17,18)13-7-4-8-14-11(15)9-5-2-3-6-10(9)12(14)16/h2-3,5-6,13H,4,7-8H2,1H3. The van der Waals surface area contributed by atoms with E-state index >= 15 is 0 Å². The number of nitrogens with one attached hydrogen (secondary N) is 1. The van der Waals surface area contributed by atoms with E-state index in [4.69, 9.17) is 0 Å². The van der Waals surface area contributed by atoms with Crippen molar-refractivity contribution in [3.05, 3.63) is 35.4 Å². The lowest BCUT2D eigenvalue weighted by atomic mass is 10.1. The molecule has 2 rings (SSSR count). The molecule has 1 N–H and O–H groups in total. The highest BCUT2D eigenvalue weighted by molar-refractivity contribution is 7.88. The molecule has 1 aliphatic rings. The van der Waals surface area contributed by atoms with Crippen LogP contribution in [0.1, 0.15) is 27.1 Å². The van der Waals surface area contributed by atoms with Crippen molar-refractivity contribution in [2.75, 3.05) is 19.3 Å². The molecule has 2 amide bonds. The zero-order chi connectivity index (χ0) is 14.0. The Morgan fingerprint density at radius 1 is 1.11 bits per heavy atom. The number of sulfonamides is 1. The fraction of sp³-hybridized carbons (Fsp3) is 0.333. The van der Waals surface area contributed by atoms with E-state index in [0.717, 1.165) is 11.2 Å². The molecule has 1 aromatic carbocycles. The second kappa shape index (κ2) is 5.10. The summed E-state index contributed by atoms with van der Waals surface area (Å²) >= 11 is 0. The van der Waals surface area contributed by atoms with Gasteiger partial charge in [0.05, 0.1) is 17.4 Å². The Kier molecular flexibility index (Phi) is 3.68. The van der Waals surface area contributed by atoms with E-state index in [-0.39, 0.29) is 24.9 Å².